The van der Waals surface area contributed by atoms with Crippen LogP contribution in [0.5, 0.6) is 0 Å². The molecule has 0 unspecified atom stereocenters. The number of nitrogens with zero attached hydrogens (tertiary/aromatic N) is 2. The molecule has 4 rings (SSSR count). The molecule has 5 nitrogen and oxygen atoms in total. The molecule has 0 aliphatic heterocycles. The summed E-state index contributed by atoms with van der Waals surface area (Å²) in [7, 11) is 0. The highest BCUT2D eigenvalue weighted by Gasteiger charge is 2.22. The third-order valence-electron chi connectivity index (χ3n) is 5.45. The number of hydrogen-bond donors (Lipinski definition) is 1. The first-order chi connectivity index (χ1) is 14.4. The summed E-state index contributed by atoms with van der Waals surface area (Å²) in [5.74, 6) is -0.260. The first kappa shape index (κ1) is 20.0. The molecular formula is C24H23N3O2S. The van der Waals surface area contributed by atoms with Crippen LogP contribution in [0.25, 0.3) is 21.3 Å². The Labute approximate surface area is 179 Å². The molecule has 0 bridgehead atoms. The summed E-state index contributed by atoms with van der Waals surface area (Å²) in [6, 6.07) is 14.7. The molecule has 1 N–H and O–H groups in total. The average molecular weight is 418 g/mol. The van der Waals surface area contributed by atoms with Crippen molar-refractivity contribution in [2.24, 2.45) is 0 Å². The summed E-state index contributed by atoms with van der Waals surface area (Å²) in [4.78, 5) is 32.4. The molecule has 30 heavy (non-hydrogen) atoms. The molecule has 2 heterocycles. The lowest BCUT2D eigenvalue weighted by Gasteiger charge is -2.15. The van der Waals surface area contributed by atoms with Crippen LogP contribution in [0.2, 0.25) is 0 Å². The van der Waals surface area contributed by atoms with E-state index in [0.29, 0.717) is 15.9 Å². The summed E-state index contributed by atoms with van der Waals surface area (Å²) >= 11 is 1.50. The van der Waals surface area contributed by atoms with Crippen LogP contribution < -0.4 is 10.9 Å². The van der Waals surface area contributed by atoms with Crippen LogP contribution in [0.15, 0.2) is 59.7 Å². The first-order valence-corrected chi connectivity index (χ1v) is 10.6. The maximum atomic E-state index is 13.4. The van der Waals surface area contributed by atoms with Crippen molar-refractivity contribution in [3.05, 3.63) is 81.2 Å². The van der Waals surface area contributed by atoms with E-state index in [0.717, 1.165) is 16.0 Å². The van der Waals surface area contributed by atoms with E-state index in [1.165, 1.54) is 33.4 Å². The predicted molar refractivity (Wildman–Crippen MR) is 123 cm³/mol. The predicted octanol–water partition coefficient (Wildman–Crippen LogP) is 5.25. The molecule has 6 heteroatoms. The van der Waals surface area contributed by atoms with Gasteiger partial charge in [-0.15, -0.1) is 11.3 Å². The summed E-state index contributed by atoms with van der Waals surface area (Å²) in [5.41, 5.74) is 4.77. The topological polar surface area (TPSA) is 64.0 Å². The zero-order chi connectivity index (χ0) is 21.4. The minimum atomic E-state index is -0.692. The van der Waals surface area contributed by atoms with Gasteiger partial charge in [-0.25, -0.2) is 4.98 Å². The number of hydrogen-bond acceptors (Lipinski definition) is 4. The van der Waals surface area contributed by atoms with E-state index in [1.807, 2.05) is 43.3 Å². The van der Waals surface area contributed by atoms with Crippen LogP contribution in [0.1, 0.15) is 29.0 Å². The van der Waals surface area contributed by atoms with Gasteiger partial charge in [0.25, 0.3) is 5.56 Å². The Kier molecular flexibility index (Phi) is 5.26. The number of benzene rings is 2. The minimum absolute atomic E-state index is 0.201. The van der Waals surface area contributed by atoms with Crippen molar-refractivity contribution in [2.45, 2.75) is 33.7 Å². The number of anilines is 1. The fraction of sp³-hybridized carbons (Fsp3) is 0.208. The molecule has 1 atom stereocenters. The highest BCUT2D eigenvalue weighted by molar-refractivity contribution is 7.19. The third kappa shape index (κ3) is 3.55. The molecule has 0 aliphatic carbocycles. The fourth-order valence-corrected chi connectivity index (χ4v) is 4.53. The van der Waals surface area contributed by atoms with Gasteiger partial charge in [-0.05, 0) is 56.5 Å². The normalized spacial score (nSPS) is 12.1. The van der Waals surface area contributed by atoms with Gasteiger partial charge >= 0.3 is 0 Å². The van der Waals surface area contributed by atoms with Crippen LogP contribution in [-0.2, 0) is 4.79 Å². The number of amides is 1. The van der Waals surface area contributed by atoms with Crippen LogP contribution in [0.4, 0.5) is 5.69 Å². The molecule has 152 valence electrons. The van der Waals surface area contributed by atoms with Gasteiger partial charge in [-0.3, -0.25) is 14.2 Å². The Morgan fingerprint density at radius 2 is 1.80 bits per heavy atom. The second-order valence-corrected chi connectivity index (χ2v) is 8.70. The van der Waals surface area contributed by atoms with Gasteiger partial charge in [0.2, 0.25) is 5.91 Å². The number of nitrogens with one attached hydrogen (secondary N) is 1. The number of carbonyl (C=O) groups is 1. The molecule has 0 fully saturated rings. The Balaban J connectivity index is 1.79. The van der Waals surface area contributed by atoms with Gasteiger partial charge in [0.15, 0.2) is 0 Å². The molecule has 0 aliphatic rings. The average Bonchev–Trinajstić information content (AvgIpc) is 3.07. The van der Waals surface area contributed by atoms with E-state index in [2.05, 4.69) is 36.3 Å². The molecule has 0 spiro atoms. The van der Waals surface area contributed by atoms with Gasteiger partial charge < -0.3 is 5.32 Å². The van der Waals surface area contributed by atoms with E-state index in [1.54, 1.807) is 6.92 Å². The Morgan fingerprint density at radius 1 is 1.07 bits per heavy atom. The Hall–Kier alpha value is -3.25. The summed E-state index contributed by atoms with van der Waals surface area (Å²) in [5, 5.41) is 3.43. The van der Waals surface area contributed by atoms with Crippen molar-refractivity contribution < 1.29 is 4.79 Å². The fourth-order valence-electron chi connectivity index (χ4n) is 3.53. The van der Waals surface area contributed by atoms with Crippen LogP contribution in [0, 0.1) is 20.8 Å². The number of aromatic nitrogens is 2. The maximum Gasteiger partial charge on any atom is 0.263 e. The first-order valence-electron chi connectivity index (χ1n) is 9.80. The molecule has 1 amide bonds. The zero-order valence-corrected chi connectivity index (χ0v) is 18.2. The highest BCUT2D eigenvalue weighted by Crippen LogP contribution is 2.36. The lowest BCUT2D eigenvalue weighted by Crippen LogP contribution is -2.31. The molecule has 2 aromatic carbocycles. The smallest absolute Gasteiger partial charge is 0.263 e. The largest absolute Gasteiger partial charge is 0.324 e. The van der Waals surface area contributed by atoms with Gasteiger partial charge in [0.1, 0.15) is 10.9 Å². The second-order valence-electron chi connectivity index (χ2n) is 7.50. The van der Waals surface area contributed by atoms with E-state index in [9.17, 15) is 9.59 Å². The van der Waals surface area contributed by atoms with E-state index < -0.39 is 6.04 Å². The summed E-state index contributed by atoms with van der Waals surface area (Å²) in [6.45, 7) is 7.85. The molecular weight excluding hydrogens is 394 g/mol. The molecule has 0 radical (unpaired) electrons. The molecule has 4 aromatic rings. The second kappa shape index (κ2) is 7.88. The Morgan fingerprint density at radius 3 is 2.50 bits per heavy atom. The van der Waals surface area contributed by atoms with Crippen molar-refractivity contribution >= 4 is 33.1 Å². The molecule has 0 saturated heterocycles. The minimum Gasteiger partial charge on any atom is -0.324 e. The molecule has 2 aromatic heterocycles. The number of carbonyl (C=O) groups excluding carboxylic acids is 1. The maximum absolute atomic E-state index is 13.4. The van der Waals surface area contributed by atoms with Crippen LogP contribution >= 0.6 is 11.3 Å². The number of rotatable bonds is 4. The van der Waals surface area contributed by atoms with Gasteiger partial charge in [0.05, 0.1) is 11.7 Å². The number of thiophene rings is 1. The Bertz CT molecular complexity index is 1310. The van der Waals surface area contributed by atoms with Crippen molar-refractivity contribution in [2.75, 3.05) is 5.32 Å². The van der Waals surface area contributed by atoms with Gasteiger partial charge in [-0.2, -0.15) is 0 Å². The van der Waals surface area contributed by atoms with Crippen LogP contribution in [0.3, 0.4) is 0 Å². The standard InChI is InChI=1S/C24H23N3O2S/c1-14-10-11-18(12-15(14)2)20-17(4)30-23-21(20)24(29)27(13-25-23)16(3)22(28)26-19-8-6-5-7-9-19/h5-13,16H,1-4H3,(H,26,28)/t16-/m0/s1. The van der Waals surface area contributed by atoms with Crippen molar-refractivity contribution in [3.8, 4) is 11.1 Å². The van der Waals surface area contributed by atoms with Crippen molar-refractivity contribution in [1.82, 2.24) is 9.55 Å². The van der Waals surface area contributed by atoms with Crippen molar-refractivity contribution in [3.63, 3.8) is 0 Å². The van der Waals surface area contributed by atoms with E-state index >= 15 is 0 Å². The third-order valence-corrected chi connectivity index (χ3v) is 6.46. The highest BCUT2D eigenvalue weighted by atomic mass is 32.1. The summed E-state index contributed by atoms with van der Waals surface area (Å²) < 4.78 is 1.41. The number of para-hydroxylation sites is 1. The van der Waals surface area contributed by atoms with E-state index in [-0.39, 0.29) is 11.5 Å². The monoisotopic (exact) mass is 417 g/mol. The SMILES string of the molecule is Cc1ccc(-c2c(C)sc3ncn([C@@H](C)C(=O)Nc4ccccc4)c(=O)c23)cc1C. The van der Waals surface area contributed by atoms with Gasteiger partial charge in [-0.1, -0.05) is 36.4 Å². The van der Waals surface area contributed by atoms with E-state index in [4.69, 9.17) is 0 Å². The zero-order valence-electron chi connectivity index (χ0n) is 17.4. The lowest BCUT2D eigenvalue weighted by atomic mass is 9.99. The molecule has 0 saturated carbocycles. The van der Waals surface area contributed by atoms with Crippen LogP contribution in [-0.4, -0.2) is 15.5 Å². The number of fused-ring (bicyclic) bond motifs is 1. The lowest BCUT2D eigenvalue weighted by molar-refractivity contribution is -0.118. The van der Waals surface area contributed by atoms with Crippen molar-refractivity contribution in [1.29, 1.82) is 0 Å². The number of aryl methyl sites for hydroxylation is 3. The quantitative estimate of drug-likeness (QED) is 0.493. The summed E-state index contributed by atoms with van der Waals surface area (Å²) in [6.07, 6.45) is 1.47. The van der Waals surface area contributed by atoms with Gasteiger partial charge in [0, 0.05) is 16.1 Å².